The smallest absolute Gasteiger partial charge is 0.222 e. The zero-order chi connectivity index (χ0) is 12.3. The van der Waals surface area contributed by atoms with Crippen molar-refractivity contribution >= 4 is 17.3 Å². The van der Waals surface area contributed by atoms with Crippen LogP contribution >= 0.6 is 11.6 Å². The number of rotatable bonds is 3. The second-order valence-electron chi connectivity index (χ2n) is 3.34. The zero-order valence-electron chi connectivity index (χ0n) is 9.18. The number of methoxy groups -OCH3 is 1. The van der Waals surface area contributed by atoms with Gasteiger partial charge in [0.15, 0.2) is 0 Å². The molecule has 0 aliphatic carbocycles. The summed E-state index contributed by atoms with van der Waals surface area (Å²) in [5, 5.41) is 0.300. The van der Waals surface area contributed by atoms with E-state index in [0.717, 1.165) is 5.75 Å². The predicted molar refractivity (Wildman–Crippen MR) is 66.7 cm³/mol. The van der Waals surface area contributed by atoms with Gasteiger partial charge >= 0.3 is 0 Å². The maximum absolute atomic E-state index is 5.77. The summed E-state index contributed by atoms with van der Waals surface area (Å²) < 4.78 is 10.6. The van der Waals surface area contributed by atoms with Crippen molar-refractivity contribution in [2.45, 2.75) is 0 Å². The lowest BCUT2D eigenvalue weighted by atomic mass is 10.3. The van der Waals surface area contributed by atoms with Crippen LogP contribution in [0.5, 0.6) is 17.4 Å². The molecule has 5 heteroatoms. The molecule has 17 heavy (non-hydrogen) atoms. The van der Waals surface area contributed by atoms with Gasteiger partial charge < -0.3 is 15.2 Å². The molecule has 0 amide bonds. The molecule has 2 N–H and O–H groups in total. The molecule has 0 aliphatic rings. The van der Waals surface area contributed by atoms with Crippen molar-refractivity contribution in [3.63, 3.8) is 0 Å². The summed E-state index contributed by atoms with van der Waals surface area (Å²) >= 11 is 5.77. The summed E-state index contributed by atoms with van der Waals surface area (Å²) in [5.74, 6) is 1.76. The van der Waals surface area contributed by atoms with Crippen LogP contribution in [-0.4, -0.2) is 12.1 Å². The first kappa shape index (κ1) is 11.5. The zero-order valence-corrected chi connectivity index (χ0v) is 9.94. The van der Waals surface area contributed by atoms with Crippen molar-refractivity contribution in [1.82, 2.24) is 4.98 Å². The molecule has 0 spiro atoms. The normalized spacial score (nSPS) is 10.0. The summed E-state index contributed by atoms with van der Waals surface area (Å²) in [6.07, 6.45) is 0. The Labute approximate surface area is 104 Å². The minimum atomic E-state index is 0.300. The van der Waals surface area contributed by atoms with Gasteiger partial charge in [0, 0.05) is 11.8 Å². The number of hydrogen-bond acceptors (Lipinski definition) is 4. The fourth-order valence-electron chi connectivity index (χ4n) is 1.31. The monoisotopic (exact) mass is 250 g/mol. The molecule has 2 aromatic rings. The molecule has 0 radical (unpaired) electrons. The van der Waals surface area contributed by atoms with Crippen molar-refractivity contribution in [2.75, 3.05) is 12.8 Å². The van der Waals surface area contributed by atoms with E-state index in [4.69, 9.17) is 26.8 Å². The fourth-order valence-corrected chi connectivity index (χ4v) is 1.52. The highest BCUT2D eigenvalue weighted by Gasteiger charge is 2.02. The highest BCUT2D eigenvalue weighted by Crippen LogP contribution is 2.25. The van der Waals surface area contributed by atoms with Crippen molar-refractivity contribution < 1.29 is 9.47 Å². The molecular weight excluding hydrogens is 240 g/mol. The van der Waals surface area contributed by atoms with E-state index in [1.165, 1.54) is 0 Å². The quantitative estimate of drug-likeness (QED) is 0.851. The van der Waals surface area contributed by atoms with Crippen molar-refractivity contribution in [3.05, 3.63) is 41.6 Å². The molecule has 0 aliphatic heterocycles. The van der Waals surface area contributed by atoms with E-state index in [-0.39, 0.29) is 0 Å². The van der Waals surface area contributed by atoms with E-state index in [2.05, 4.69) is 4.98 Å². The van der Waals surface area contributed by atoms with E-state index in [1.54, 1.807) is 43.5 Å². The number of nitrogen functional groups attached to an aromatic ring is 1. The molecule has 0 bridgehead atoms. The maximum Gasteiger partial charge on any atom is 0.222 e. The van der Waals surface area contributed by atoms with Gasteiger partial charge in [0.05, 0.1) is 7.11 Å². The molecular formula is C12H11ClN2O2. The van der Waals surface area contributed by atoms with E-state index < -0.39 is 0 Å². The number of halogens is 1. The lowest BCUT2D eigenvalue weighted by molar-refractivity contribution is 0.412. The van der Waals surface area contributed by atoms with Gasteiger partial charge in [0.25, 0.3) is 0 Å². The maximum atomic E-state index is 5.77. The van der Waals surface area contributed by atoms with Crippen LogP contribution in [-0.2, 0) is 0 Å². The Balaban J connectivity index is 2.19. The molecule has 0 saturated heterocycles. The van der Waals surface area contributed by atoms with Crippen molar-refractivity contribution in [2.24, 2.45) is 0 Å². The predicted octanol–water partition coefficient (Wildman–Crippen LogP) is 3.12. The average molecular weight is 251 g/mol. The topological polar surface area (TPSA) is 57.4 Å². The lowest BCUT2D eigenvalue weighted by Crippen LogP contribution is -1.92. The SMILES string of the molecule is COc1ccc(Oc2cc(N)cc(Cl)n2)cc1. The highest BCUT2D eigenvalue weighted by atomic mass is 35.5. The third-order valence-corrected chi connectivity index (χ3v) is 2.27. The number of aromatic nitrogens is 1. The van der Waals surface area contributed by atoms with E-state index in [0.29, 0.717) is 22.5 Å². The molecule has 0 atom stereocenters. The summed E-state index contributed by atoms with van der Waals surface area (Å²) in [6.45, 7) is 0. The van der Waals surface area contributed by atoms with Crippen LogP contribution in [0.3, 0.4) is 0 Å². The second kappa shape index (κ2) is 4.93. The van der Waals surface area contributed by atoms with E-state index in [9.17, 15) is 0 Å². The minimum absolute atomic E-state index is 0.300. The van der Waals surface area contributed by atoms with Gasteiger partial charge in [0.2, 0.25) is 5.88 Å². The molecule has 0 unspecified atom stereocenters. The average Bonchev–Trinajstić information content (AvgIpc) is 2.28. The van der Waals surface area contributed by atoms with Gasteiger partial charge in [-0.05, 0) is 30.3 Å². The Bertz CT molecular complexity index is 494. The first-order chi connectivity index (χ1) is 8.17. The number of pyridine rings is 1. The molecule has 88 valence electrons. The third kappa shape index (κ3) is 3.01. The molecule has 0 saturated carbocycles. The van der Waals surface area contributed by atoms with Crippen LogP contribution in [0.15, 0.2) is 36.4 Å². The summed E-state index contributed by atoms with van der Waals surface area (Å²) in [7, 11) is 1.61. The van der Waals surface area contributed by atoms with Gasteiger partial charge in [-0.25, -0.2) is 4.98 Å². The van der Waals surface area contributed by atoms with Gasteiger partial charge in [-0.2, -0.15) is 0 Å². The van der Waals surface area contributed by atoms with Gasteiger partial charge in [0.1, 0.15) is 16.7 Å². The lowest BCUT2D eigenvalue weighted by Gasteiger charge is -2.06. The largest absolute Gasteiger partial charge is 0.497 e. The third-order valence-electron chi connectivity index (χ3n) is 2.07. The molecule has 1 heterocycles. The Morgan fingerprint density at radius 2 is 1.76 bits per heavy atom. The van der Waals surface area contributed by atoms with Gasteiger partial charge in [-0.3, -0.25) is 0 Å². The summed E-state index contributed by atoms with van der Waals surface area (Å²) in [5.41, 5.74) is 6.14. The van der Waals surface area contributed by atoms with E-state index >= 15 is 0 Å². The fraction of sp³-hybridized carbons (Fsp3) is 0.0833. The van der Waals surface area contributed by atoms with Crippen LogP contribution < -0.4 is 15.2 Å². The molecule has 4 nitrogen and oxygen atoms in total. The van der Waals surface area contributed by atoms with Crippen LogP contribution in [0, 0.1) is 0 Å². The first-order valence-electron chi connectivity index (χ1n) is 4.92. The number of nitrogens with zero attached hydrogens (tertiary/aromatic N) is 1. The van der Waals surface area contributed by atoms with Gasteiger partial charge in [-0.1, -0.05) is 11.6 Å². The Morgan fingerprint density at radius 1 is 1.12 bits per heavy atom. The number of benzene rings is 1. The Kier molecular flexibility index (Phi) is 3.35. The van der Waals surface area contributed by atoms with E-state index in [1.807, 2.05) is 0 Å². The Hall–Kier alpha value is -1.94. The van der Waals surface area contributed by atoms with Crippen LogP contribution in [0.1, 0.15) is 0 Å². The number of nitrogens with two attached hydrogens (primary N) is 1. The molecule has 1 aromatic heterocycles. The van der Waals surface area contributed by atoms with Crippen LogP contribution in [0.4, 0.5) is 5.69 Å². The standard InChI is InChI=1S/C12H11ClN2O2/c1-16-9-2-4-10(5-3-9)17-12-7-8(14)6-11(13)15-12/h2-7H,1H3,(H2,14,15). The first-order valence-corrected chi connectivity index (χ1v) is 5.30. The van der Waals surface area contributed by atoms with Crippen LogP contribution in [0.2, 0.25) is 5.15 Å². The van der Waals surface area contributed by atoms with Crippen molar-refractivity contribution in [3.8, 4) is 17.4 Å². The Morgan fingerprint density at radius 3 is 2.35 bits per heavy atom. The van der Waals surface area contributed by atoms with Crippen LogP contribution in [0.25, 0.3) is 0 Å². The second-order valence-corrected chi connectivity index (χ2v) is 3.73. The number of anilines is 1. The molecule has 0 fully saturated rings. The molecule has 2 rings (SSSR count). The number of ether oxygens (including phenoxy) is 2. The highest BCUT2D eigenvalue weighted by molar-refractivity contribution is 6.29. The van der Waals surface area contributed by atoms with Crippen molar-refractivity contribution in [1.29, 1.82) is 0 Å². The summed E-state index contributed by atoms with van der Waals surface area (Å²) in [6, 6.07) is 10.3. The summed E-state index contributed by atoms with van der Waals surface area (Å²) in [4.78, 5) is 4.00. The minimum Gasteiger partial charge on any atom is -0.497 e. The molecule has 1 aromatic carbocycles. The number of hydrogen-bond donors (Lipinski definition) is 1. The van der Waals surface area contributed by atoms with Gasteiger partial charge in [-0.15, -0.1) is 0 Å².